The van der Waals surface area contributed by atoms with Gasteiger partial charge in [0.05, 0.1) is 18.2 Å². The fourth-order valence-electron chi connectivity index (χ4n) is 2.55. The Hall–Kier alpha value is -4.15. The number of hydrazone groups is 1. The molecule has 0 radical (unpaired) electrons. The molecule has 0 saturated heterocycles. The zero-order valence-electron chi connectivity index (χ0n) is 16.8. The minimum atomic E-state index is -1.28. The number of ether oxygens (including phenoxy) is 2. The van der Waals surface area contributed by atoms with Crippen LogP contribution in [0.5, 0.6) is 11.5 Å². The molecule has 0 amide bonds. The van der Waals surface area contributed by atoms with Crippen molar-refractivity contribution in [1.29, 1.82) is 0 Å². The molecule has 11 heteroatoms. The number of rotatable bonds is 11. The Morgan fingerprint density at radius 2 is 1.77 bits per heavy atom. The summed E-state index contributed by atoms with van der Waals surface area (Å²) in [5, 5.41) is 33.9. The van der Waals surface area contributed by atoms with E-state index >= 15 is 0 Å². The fourth-order valence-corrected chi connectivity index (χ4v) is 2.55. The maximum atomic E-state index is 11.6. The standard InChI is InChI=1S/C20H21N3O8/c1-13-3-5-14(6-4-13)12-31-20-16(23(28)29)7-15(8-17(20)30-2)9-21-22(10-18(24)25)11-19(26)27/h3-9H,10-12H2,1-2H3,(H,24,25)(H,26,27)/b21-9-. The Labute approximate surface area is 177 Å². The third kappa shape index (κ3) is 6.99. The van der Waals surface area contributed by atoms with E-state index in [-0.39, 0.29) is 29.4 Å². The van der Waals surface area contributed by atoms with Gasteiger partial charge >= 0.3 is 17.6 Å². The molecule has 0 aliphatic rings. The lowest BCUT2D eigenvalue weighted by Gasteiger charge is -2.14. The van der Waals surface area contributed by atoms with Crippen LogP contribution in [0.1, 0.15) is 16.7 Å². The van der Waals surface area contributed by atoms with Crippen LogP contribution in [-0.4, -0.2) is 58.5 Å². The van der Waals surface area contributed by atoms with Crippen LogP contribution in [0.4, 0.5) is 5.69 Å². The molecule has 0 unspecified atom stereocenters. The second-order valence-corrected chi connectivity index (χ2v) is 6.46. The summed E-state index contributed by atoms with van der Waals surface area (Å²) >= 11 is 0. The number of benzene rings is 2. The molecule has 0 aliphatic heterocycles. The van der Waals surface area contributed by atoms with Gasteiger partial charge in [-0.15, -0.1) is 0 Å². The molecule has 0 bridgehead atoms. The van der Waals surface area contributed by atoms with Crippen molar-refractivity contribution in [2.24, 2.45) is 5.10 Å². The summed E-state index contributed by atoms with van der Waals surface area (Å²) in [5.74, 6) is -2.55. The summed E-state index contributed by atoms with van der Waals surface area (Å²) in [5.41, 5.74) is 1.70. The van der Waals surface area contributed by atoms with E-state index < -0.39 is 30.0 Å². The van der Waals surface area contributed by atoms with Crippen LogP contribution >= 0.6 is 0 Å². The lowest BCUT2D eigenvalue weighted by atomic mass is 10.1. The Morgan fingerprint density at radius 3 is 2.29 bits per heavy atom. The van der Waals surface area contributed by atoms with E-state index in [0.717, 1.165) is 22.4 Å². The van der Waals surface area contributed by atoms with Crippen LogP contribution < -0.4 is 9.47 Å². The van der Waals surface area contributed by atoms with Crippen LogP contribution in [0, 0.1) is 17.0 Å². The second kappa shape index (κ2) is 10.6. The number of nitro groups is 1. The molecule has 2 rings (SSSR count). The second-order valence-electron chi connectivity index (χ2n) is 6.46. The number of carboxylic acid groups (broad SMARTS) is 2. The number of nitrogens with zero attached hydrogens (tertiary/aromatic N) is 3. The molecule has 164 valence electrons. The highest BCUT2D eigenvalue weighted by Crippen LogP contribution is 2.38. The van der Waals surface area contributed by atoms with Crippen molar-refractivity contribution in [3.05, 3.63) is 63.2 Å². The molecule has 0 atom stereocenters. The number of methoxy groups -OCH3 is 1. The molecule has 0 aliphatic carbocycles. The van der Waals surface area contributed by atoms with Gasteiger partial charge in [0.1, 0.15) is 19.7 Å². The lowest BCUT2D eigenvalue weighted by Crippen LogP contribution is -2.30. The Balaban J connectivity index is 2.32. The molecule has 0 heterocycles. The largest absolute Gasteiger partial charge is 0.493 e. The maximum Gasteiger partial charge on any atom is 0.324 e. The van der Waals surface area contributed by atoms with E-state index in [1.807, 2.05) is 31.2 Å². The topological polar surface area (TPSA) is 152 Å². The number of carboxylic acids is 2. The van der Waals surface area contributed by atoms with E-state index in [9.17, 15) is 19.7 Å². The molecule has 2 N–H and O–H groups in total. The van der Waals surface area contributed by atoms with Crippen LogP contribution in [0.15, 0.2) is 41.5 Å². The minimum Gasteiger partial charge on any atom is -0.493 e. The van der Waals surface area contributed by atoms with Gasteiger partial charge in [-0.3, -0.25) is 24.7 Å². The van der Waals surface area contributed by atoms with Gasteiger partial charge in [-0.1, -0.05) is 29.8 Å². The molecule has 0 saturated carbocycles. The predicted octanol–water partition coefficient (Wildman–Crippen LogP) is 2.30. The van der Waals surface area contributed by atoms with Gasteiger partial charge in [0.2, 0.25) is 5.75 Å². The minimum absolute atomic E-state index is 0.0712. The van der Waals surface area contributed by atoms with Gasteiger partial charge in [-0.2, -0.15) is 5.10 Å². The third-order valence-electron chi connectivity index (χ3n) is 3.98. The first kappa shape index (κ1) is 23.1. The summed E-state index contributed by atoms with van der Waals surface area (Å²) in [7, 11) is 1.32. The Bertz CT molecular complexity index is 973. The average Bonchev–Trinajstić information content (AvgIpc) is 2.70. The van der Waals surface area contributed by atoms with Gasteiger partial charge in [0.25, 0.3) is 0 Å². The van der Waals surface area contributed by atoms with Gasteiger partial charge in [0.15, 0.2) is 5.75 Å². The summed E-state index contributed by atoms with van der Waals surface area (Å²) < 4.78 is 10.9. The van der Waals surface area contributed by atoms with E-state index in [1.165, 1.54) is 19.2 Å². The highest BCUT2D eigenvalue weighted by atomic mass is 16.6. The summed E-state index contributed by atoms with van der Waals surface area (Å²) in [4.78, 5) is 32.7. The van der Waals surface area contributed by atoms with Crippen molar-refractivity contribution in [3.8, 4) is 11.5 Å². The number of hydrogen-bond donors (Lipinski definition) is 2. The normalized spacial score (nSPS) is 10.6. The van der Waals surface area contributed by atoms with E-state index in [4.69, 9.17) is 19.7 Å². The number of aryl methyl sites for hydroxylation is 1. The molecule has 2 aromatic carbocycles. The molecule has 0 aromatic heterocycles. The summed E-state index contributed by atoms with van der Waals surface area (Å²) in [6, 6.07) is 10.1. The van der Waals surface area contributed by atoms with Crippen LogP contribution in [-0.2, 0) is 16.2 Å². The molecular formula is C20H21N3O8. The van der Waals surface area contributed by atoms with Gasteiger partial charge in [-0.25, -0.2) is 0 Å². The lowest BCUT2D eigenvalue weighted by molar-refractivity contribution is -0.386. The summed E-state index contributed by atoms with van der Waals surface area (Å²) in [6.45, 7) is 0.711. The number of nitro benzene ring substituents is 1. The maximum absolute atomic E-state index is 11.6. The first-order valence-corrected chi connectivity index (χ1v) is 8.97. The number of hydrogen-bond acceptors (Lipinski definition) is 8. The van der Waals surface area contributed by atoms with Gasteiger partial charge in [0, 0.05) is 11.6 Å². The molecule has 0 fully saturated rings. The third-order valence-corrected chi connectivity index (χ3v) is 3.98. The van der Waals surface area contributed by atoms with E-state index in [1.54, 1.807) is 0 Å². The van der Waals surface area contributed by atoms with Crippen molar-refractivity contribution in [1.82, 2.24) is 5.01 Å². The van der Waals surface area contributed by atoms with Gasteiger partial charge < -0.3 is 19.7 Å². The highest BCUT2D eigenvalue weighted by molar-refractivity contribution is 5.83. The van der Waals surface area contributed by atoms with Crippen molar-refractivity contribution >= 4 is 23.8 Å². The van der Waals surface area contributed by atoms with Crippen molar-refractivity contribution in [2.75, 3.05) is 20.2 Å². The zero-order chi connectivity index (χ0) is 23.0. The number of carbonyl (C=O) groups is 2. The SMILES string of the molecule is COc1cc(/C=N\N(CC(=O)O)CC(=O)O)cc([N+](=O)[O-])c1OCc1ccc(C)cc1. The monoisotopic (exact) mass is 431 g/mol. The Morgan fingerprint density at radius 1 is 1.16 bits per heavy atom. The quantitative estimate of drug-likeness (QED) is 0.310. The smallest absolute Gasteiger partial charge is 0.324 e. The molecule has 0 spiro atoms. The van der Waals surface area contributed by atoms with Crippen molar-refractivity contribution in [3.63, 3.8) is 0 Å². The zero-order valence-corrected chi connectivity index (χ0v) is 16.8. The number of aliphatic carboxylic acids is 2. The highest BCUT2D eigenvalue weighted by Gasteiger charge is 2.22. The van der Waals surface area contributed by atoms with Crippen LogP contribution in [0.2, 0.25) is 0 Å². The molecule has 31 heavy (non-hydrogen) atoms. The molecular weight excluding hydrogens is 410 g/mol. The average molecular weight is 431 g/mol. The van der Waals surface area contributed by atoms with Crippen LogP contribution in [0.3, 0.4) is 0 Å². The van der Waals surface area contributed by atoms with E-state index in [2.05, 4.69) is 5.10 Å². The predicted molar refractivity (Wildman–Crippen MR) is 110 cm³/mol. The first-order valence-electron chi connectivity index (χ1n) is 8.97. The van der Waals surface area contributed by atoms with Crippen LogP contribution in [0.25, 0.3) is 0 Å². The fraction of sp³-hybridized carbons (Fsp3) is 0.250. The molecule has 11 nitrogen and oxygen atoms in total. The molecule has 2 aromatic rings. The van der Waals surface area contributed by atoms with Crippen molar-refractivity contribution in [2.45, 2.75) is 13.5 Å². The summed E-state index contributed by atoms with van der Waals surface area (Å²) in [6.07, 6.45) is 1.12. The van der Waals surface area contributed by atoms with E-state index in [0.29, 0.717) is 0 Å². The first-order chi connectivity index (χ1) is 14.7. The van der Waals surface area contributed by atoms with Crippen molar-refractivity contribution < 1.29 is 34.2 Å². The Kier molecular flexibility index (Phi) is 7.89. The van der Waals surface area contributed by atoms with Gasteiger partial charge in [-0.05, 0) is 18.6 Å².